The molecular formula is C22H24FN3O3. The van der Waals surface area contributed by atoms with Crippen LogP contribution in [0, 0.1) is 12.7 Å². The van der Waals surface area contributed by atoms with Crippen molar-refractivity contribution in [1.82, 2.24) is 15.1 Å². The monoisotopic (exact) mass is 397 g/mol. The van der Waals surface area contributed by atoms with E-state index in [1.165, 1.54) is 24.3 Å². The Hall–Kier alpha value is -3.22. The zero-order valence-electron chi connectivity index (χ0n) is 16.3. The van der Waals surface area contributed by atoms with Crippen LogP contribution in [0.2, 0.25) is 0 Å². The maximum atomic E-state index is 13.1. The van der Waals surface area contributed by atoms with E-state index in [2.05, 4.69) is 10.4 Å². The molecule has 3 rings (SSSR count). The molecule has 0 aliphatic rings. The molecule has 0 radical (unpaired) electrons. The summed E-state index contributed by atoms with van der Waals surface area (Å²) in [6.45, 7) is 3.11. The molecule has 0 fully saturated rings. The first-order chi connectivity index (χ1) is 13.9. The zero-order valence-corrected chi connectivity index (χ0v) is 16.3. The predicted molar refractivity (Wildman–Crippen MR) is 108 cm³/mol. The van der Waals surface area contributed by atoms with Gasteiger partial charge in [0.25, 0.3) is 0 Å². The number of amides is 1. The molecule has 2 aromatic carbocycles. The van der Waals surface area contributed by atoms with Gasteiger partial charge in [0.2, 0.25) is 5.91 Å². The molecule has 6 nitrogen and oxygen atoms in total. The third-order valence-corrected chi connectivity index (χ3v) is 4.91. The number of aliphatic carboxylic acids is 1. The van der Waals surface area contributed by atoms with Gasteiger partial charge in [-0.15, -0.1) is 0 Å². The van der Waals surface area contributed by atoms with E-state index in [0.29, 0.717) is 25.1 Å². The number of carboxylic acids is 1. The molecule has 0 saturated heterocycles. The number of carbonyl (C=O) groups is 2. The molecule has 7 heteroatoms. The molecule has 0 aliphatic carbocycles. The molecule has 1 aromatic heterocycles. The molecule has 1 atom stereocenters. The van der Waals surface area contributed by atoms with Crippen LogP contribution in [0.5, 0.6) is 0 Å². The molecule has 2 N–H and O–H groups in total. The number of rotatable bonds is 9. The van der Waals surface area contributed by atoms with Gasteiger partial charge in [0.1, 0.15) is 5.82 Å². The van der Waals surface area contributed by atoms with E-state index in [4.69, 9.17) is 5.11 Å². The second-order valence-corrected chi connectivity index (χ2v) is 7.08. The van der Waals surface area contributed by atoms with Gasteiger partial charge < -0.3 is 10.4 Å². The normalized spacial score (nSPS) is 12.1. The standard InChI is InChI=1S/C22H24FN3O3/c1-15-19-5-2-3-6-20(19)26(25-15)12-4-11-24-21(27)13-17(14-22(28)29)16-7-9-18(23)10-8-16/h2-3,5-10,17H,4,11-14H2,1H3,(H,24,27)(H,28,29). The summed E-state index contributed by atoms with van der Waals surface area (Å²) in [5, 5.41) is 17.6. The summed E-state index contributed by atoms with van der Waals surface area (Å²) in [7, 11) is 0. The maximum Gasteiger partial charge on any atom is 0.303 e. The summed E-state index contributed by atoms with van der Waals surface area (Å²) in [6.07, 6.45) is 0.566. The molecule has 0 spiro atoms. The summed E-state index contributed by atoms with van der Waals surface area (Å²) in [5.41, 5.74) is 2.68. The van der Waals surface area contributed by atoms with Crippen LogP contribution in [0.3, 0.4) is 0 Å². The van der Waals surface area contributed by atoms with E-state index in [0.717, 1.165) is 16.6 Å². The second-order valence-electron chi connectivity index (χ2n) is 7.08. The lowest BCUT2D eigenvalue weighted by Crippen LogP contribution is -2.27. The number of hydrogen-bond donors (Lipinski definition) is 2. The van der Waals surface area contributed by atoms with E-state index in [-0.39, 0.29) is 18.7 Å². The Bertz CT molecular complexity index is 998. The quantitative estimate of drug-likeness (QED) is 0.540. The van der Waals surface area contributed by atoms with Crippen molar-refractivity contribution in [2.24, 2.45) is 0 Å². The van der Waals surface area contributed by atoms with Crippen LogP contribution in [0.25, 0.3) is 10.9 Å². The fraction of sp³-hybridized carbons (Fsp3) is 0.318. The van der Waals surface area contributed by atoms with Gasteiger partial charge in [0.15, 0.2) is 0 Å². The third-order valence-electron chi connectivity index (χ3n) is 4.91. The van der Waals surface area contributed by atoms with Gasteiger partial charge in [-0.2, -0.15) is 5.10 Å². The summed E-state index contributed by atoms with van der Waals surface area (Å²) < 4.78 is 15.1. The van der Waals surface area contributed by atoms with Crippen LogP contribution in [-0.2, 0) is 16.1 Å². The number of aryl methyl sites for hydroxylation is 2. The summed E-state index contributed by atoms with van der Waals surface area (Å²) in [5.74, 6) is -2.10. The van der Waals surface area contributed by atoms with Crippen LogP contribution < -0.4 is 5.32 Å². The number of para-hydroxylation sites is 1. The van der Waals surface area contributed by atoms with Gasteiger partial charge in [-0.05, 0) is 37.1 Å². The van der Waals surface area contributed by atoms with E-state index >= 15 is 0 Å². The van der Waals surface area contributed by atoms with E-state index in [9.17, 15) is 14.0 Å². The zero-order chi connectivity index (χ0) is 20.8. The van der Waals surface area contributed by atoms with Crippen molar-refractivity contribution >= 4 is 22.8 Å². The molecule has 1 amide bonds. The summed E-state index contributed by atoms with van der Waals surface area (Å²) in [6, 6.07) is 13.6. The smallest absolute Gasteiger partial charge is 0.303 e. The number of benzene rings is 2. The Balaban J connectivity index is 1.52. The minimum atomic E-state index is -0.993. The van der Waals surface area contributed by atoms with Crippen LogP contribution in [0.1, 0.15) is 36.4 Å². The topological polar surface area (TPSA) is 84.2 Å². The Labute approximate surface area is 168 Å². The van der Waals surface area contributed by atoms with Crippen LogP contribution >= 0.6 is 0 Å². The summed E-state index contributed by atoms with van der Waals surface area (Å²) in [4.78, 5) is 23.4. The van der Waals surface area contributed by atoms with Gasteiger partial charge in [-0.25, -0.2) is 4.39 Å². The van der Waals surface area contributed by atoms with Crippen molar-refractivity contribution in [3.63, 3.8) is 0 Å². The van der Waals surface area contributed by atoms with E-state index < -0.39 is 17.7 Å². The molecule has 152 valence electrons. The van der Waals surface area contributed by atoms with Crippen molar-refractivity contribution in [1.29, 1.82) is 0 Å². The maximum absolute atomic E-state index is 13.1. The van der Waals surface area contributed by atoms with Crippen molar-refractivity contribution in [2.75, 3.05) is 6.54 Å². The number of aromatic nitrogens is 2. The van der Waals surface area contributed by atoms with Gasteiger partial charge in [-0.1, -0.05) is 30.3 Å². The SMILES string of the molecule is Cc1nn(CCCNC(=O)CC(CC(=O)O)c2ccc(F)cc2)c2ccccc12. The largest absolute Gasteiger partial charge is 0.481 e. The lowest BCUT2D eigenvalue weighted by Gasteiger charge is -2.15. The van der Waals surface area contributed by atoms with Crippen LogP contribution in [0.4, 0.5) is 4.39 Å². The van der Waals surface area contributed by atoms with Crippen molar-refractivity contribution < 1.29 is 19.1 Å². The molecular weight excluding hydrogens is 373 g/mol. The minimum absolute atomic E-state index is 0.0434. The molecule has 0 bridgehead atoms. The average Bonchev–Trinajstić information content (AvgIpc) is 3.01. The number of nitrogens with one attached hydrogen (secondary N) is 1. The first-order valence-electron chi connectivity index (χ1n) is 9.60. The van der Waals surface area contributed by atoms with Gasteiger partial charge in [-0.3, -0.25) is 14.3 Å². The van der Waals surface area contributed by atoms with Gasteiger partial charge in [0, 0.05) is 30.8 Å². The van der Waals surface area contributed by atoms with Crippen LogP contribution in [0.15, 0.2) is 48.5 Å². The van der Waals surface area contributed by atoms with Crippen molar-refractivity contribution in [2.45, 2.75) is 38.6 Å². The lowest BCUT2D eigenvalue weighted by atomic mass is 9.92. The Morgan fingerprint density at radius 2 is 1.86 bits per heavy atom. The lowest BCUT2D eigenvalue weighted by molar-refractivity contribution is -0.137. The number of fused-ring (bicyclic) bond motifs is 1. The Morgan fingerprint density at radius 1 is 1.14 bits per heavy atom. The number of hydrogen-bond acceptors (Lipinski definition) is 3. The molecule has 29 heavy (non-hydrogen) atoms. The van der Waals surface area contributed by atoms with Gasteiger partial charge >= 0.3 is 5.97 Å². The highest BCUT2D eigenvalue weighted by Gasteiger charge is 2.19. The first-order valence-corrected chi connectivity index (χ1v) is 9.60. The fourth-order valence-corrected chi connectivity index (χ4v) is 3.47. The molecule has 1 heterocycles. The molecule has 1 unspecified atom stereocenters. The van der Waals surface area contributed by atoms with Gasteiger partial charge in [0.05, 0.1) is 17.6 Å². The average molecular weight is 397 g/mol. The Morgan fingerprint density at radius 3 is 2.59 bits per heavy atom. The second kappa shape index (κ2) is 9.32. The number of carboxylic acid groups (broad SMARTS) is 1. The molecule has 0 aliphatic heterocycles. The minimum Gasteiger partial charge on any atom is -0.481 e. The fourth-order valence-electron chi connectivity index (χ4n) is 3.47. The Kier molecular flexibility index (Phi) is 6.59. The van der Waals surface area contributed by atoms with Crippen LogP contribution in [-0.4, -0.2) is 33.3 Å². The van der Waals surface area contributed by atoms with Crippen molar-refractivity contribution in [3.05, 3.63) is 65.6 Å². The number of halogens is 1. The van der Waals surface area contributed by atoms with Crippen molar-refractivity contribution in [3.8, 4) is 0 Å². The highest BCUT2D eigenvalue weighted by molar-refractivity contribution is 5.81. The highest BCUT2D eigenvalue weighted by Crippen LogP contribution is 2.24. The predicted octanol–water partition coefficient (Wildman–Crippen LogP) is 3.64. The third kappa shape index (κ3) is 5.40. The first kappa shape index (κ1) is 20.5. The number of carbonyl (C=O) groups excluding carboxylic acids is 1. The highest BCUT2D eigenvalue weighted by atomic mass is 19.1. The summed E-state index contributed by atoms with van der Waals surface area (Å²) >= 11 is 0. The van der Waals surface area contributed by atoms with E-state index in [1.807, 2.05) is 35.9 Å². The molecule has 0 saturated carbocycles. The van der Waals surface area contributed by atoms with E-state index in [1.54, 1.807) is 0 Å². The molecule has 3 aromatic rings. The number of nitrogens with zero attached hydrogens (tertiary/aromatic N) is 2.